The van der Waals surface area contributed by atoms with Crippen molar-refractivity contribution < 1.29 is 14.2 Å². The fourth-order valence-electron chi connectivity index (χ4n) is 2.83. The summed E-state index contributed by atoms with van der Waals surface area (Å²) in [4.78, 5) is 2.32. The molecule has 1 heterocycles. The third-order valence-electron chi connectivity index (χ3n) is 3.95. The van der Waals surface area contributed by atoms with E-state index >= 15 is 0 Å². The first kappa shape index (κ1) is 16.4. The molecule has 1 fully saturated rings. The van der Waals surface area contributed by atoms with Gasteiger partial charge >= 0.3 is 0 Å². The van der Waals surface area contributed by atoms with E-state index in [4.69, 9.17) is 14.2 Å². The molecule has 1 atom stereocenters. The van der Waals surface area contributed by atoms with Crippen LogP contribution in [0.1, 0.15) is 18.0 Å². The average molecular weight is 305 g/mol. The van der Waals surface area contributed by atoms with Crippen molar-refractivity contribution >= 4 is 0 Å². The zero-order valence-electron chi connectivity index (χ0n) is 13.4. The van der Waals surface area contributed by atoms with Crippen molar-refractivity contribution in [3.8, 4) is 23.3 Å². The highest BCUT2D eigenvalue weighted by Crippen LogP contribution is 2.41. The van der Waals surface area contributed by atoms with E-state index in [1.807, 2.05) is 12.1 Å². The maximum absolute atomic E-state index is 9.20. The van der Waals surface area contributed by atoms with Crippen LogP contribution in [-0.4, -0.2) is 52.4 Å². The molecule has 1 aliphatic rings. The van der Waals surface area contributed by atoms with Crippen molar-refractivity contribution in [3.05, 3.63) is 17.7 Å². The number of hydrogen-bond acceptors (Lipinski definition) is 6. The molecule has 1 aromatic rings. The summed E-state index contributed by atoms with van der Waals surface area (Å²) in [5, 5.41) is 12.5. The van der Waals surface area contributed by atoms with Gasteiger partial charge in [-0.15, -0.1) is 0 Å². The average Bonchev–Trinajstić information content (AvgIpc) is 2.59. The molecule has 0 aromatic heterocycles. The zero-order valence-corrected chi connectivity index (χ0v) is 13.4. The summed E-state index contributed by atoms with van der Waals surface area (Å²) >= 11 is 0. The van der Waals surface area contributed by atoms with Gasteiger partial charge in [-0.25, -0.2) is 0 Å². The van der Waals surface area contributed by atoms with Gasteiger partial charge < -0.3 is 19.5 Å². The van der Waals surface area contributed by atoms with Crippen molar-refractivity contribution in [1.29, 1.82) is 5.26 Å². The van der Waals surface area contributed by atoms with Gasteiger partial charge in [-0.05, 0) is 17.7 Å². The fourth-order valence-corrected chi connectivity index (χ4v) is 2.83. The molecule has 0 amide bonds. The Kier molecular flexibility index (Phi) is 5.87. The van der Waals surface area contributed by atoms with Crippen LogP contribution in [0.3, 0.4) is 0 Å². The van der Waals surface area contributed by atoms with Gasteiger partial charge in [-0.2, -0.15) is 5.26 Å². The number of rotatable bonds is 6. The highest BCUT2D eigenvalue weighted by Gasteiger charge is 2.25. The first-order valence-electron chi connectivity index (χ1n) is 7.36. The predicted molar refractivity (Wildman–Crippen MR) is 83.5 cm³/mol. The minimum absolute atomic E-state index is 0.0285. The molecule has 1 aromatic carbocycles. The van der Waals surface area contributed by atoms with Crippen molar-refractivity contribution in [3.63, 3.8) is 0 Å². The number of piperazine rings is 1. The van der Waals surface area contributed by atoms with E-state index in [1.54, 1.807) is 21.3 Å². The number of nitrogens with zero attached hydrogens (tertiary/aromatic N) is 2. The van der Waals surface area contributed by atoms with Gasteiger partial charge in [0.15, 0.2) is 11.5 Å². The Morgan fingerprint density at radius 1 is 1.14 bits per heavy atom. The van der Waals surface area contributed by atoms with Crippen LogP contribution < -0.4 is 19.5 Å². The van der Waals surface area contributed by atoms with Crippen LogP contribution in [-0.2, 0) is 0 Å². The summed E-state index contributed by atoms with van der Waals surface area (Å²) in [5.41, 5.74) is 1.01. The van der Waals surface area contributed by atoms with Crippen LogP contribution in [0.4, 0.5) is 0 Å². The third-order valence-corrected chi connectivity index (χ3v) is 3.95. The monoisotopic (exact) mass is 305 g/mol. The van der Waals surface area contributed by atoms with E-state index in [2.05, 4.69) is 16.3 Å². The van der Waals surface area contributed by atoms with Gasteiger partial charge in [0.05, 0.1) is 33.8 Å². The number of nitriles is 1. The molecule has 2 rings (SSSR count). The van der Waals surface area contributed by atoms with Crippen LogP contribution in [0.2, 0.25) is 0 Å². The van der Waals surface area contributed by atoms with E-state index < -0.39 is 0 Å². The fraction of sp³-hybridized carbons (Fsp3) is 0.562. The largest absolute Gasteiger partial charge is 0.493 e. The second kappa shape index (κ2) is 7.87. The molecule has 0 unspecified atom stereocenters. The van der Waals surface area contributed by atoms with Crippen LogP contribution in [0.25, 0.3) is 0 Å². The Morgan fingerprint density at radius 3 is 2.18 bits per heavy atom. The molecule has 6 nitrogen and oxygen atoms in total. The van der Waals surface area contributed by atoms with E-state index in [-0.39, 0.29) is 6.04 Å². The highest BCUT2D eigenvalue weighted by atomic mass is 16.5. The molecule has 120 valence electrons. The molecule has 1 saturated heterocycles. The van der Waals surface area contributed by atoms with Crippen molar-refractivity contribution in [2.24, 2.45) is 0 Å². The number of nitrogens with one attached hydrogen (secondary N) is 1. The minimum Gasteiger partial charge on any atom is -0.493 e. The summed E-state index contributed by atoms with van der Waals surface area (Å²) in [6, 6.07) is 6.19. The number of ether oxygens (including phenoxy) is 3. The SMILES string of the molecule is COc1cc([C@H](CC#N)N2CCNCC2)cc(OC)c1OC. The van der Waals surface area contributed by atoms with E-state index in [9.17, 15) is 5.26 Å². The molecule has 0 radical (unpaired) electrons. The van der Waals surface area contributed by atoms with Crippen LogP contribution in [0.5, 0.6) is 17.2 Å². The van der Waals surface area contributed by atoms with E-state index in [0.717, 1.165) is 31.7 Å². The lowest BCUT2D eigenvalue weighted by Crippen LogP contribution is -2.45. The second-order valence-electron chi connectivity index (χ2n) is 5.12. The molecular weight excluding hydrogens is 282 g/mol. The smallest absolute Gasteiger partial charge is 0.203 e. The predicted octanol–water partition coefficient (Wildman–Crippen LogP) is 1.57. The standard InChI is InChI=1S/C16H23N3O3/c1-20-14-10-12(11-15(21-2)16(14)22-3)13(4-5-17)19-8-6-18-7-9-19/h10-11,13,18H,4,6-9H2,1-3H3/t13-/m0/s1. The van der Waals surface area contributed by atoms with E-state index in [0.29, 0.717) is 23.7 Å². The number of benzene rings is 1. The molecule has 22 heavy (non-hydrogen) atoms. The van der Waals surface area contributed by atoms with Gasteiger partial charge in [-0.3, -0.25) is 4.90 Å². The first-order chi connectivity index (χ1) is 10.7. The second-order valence-corrected chi connectivity index (χ2v) is 5.12. The van der Waals surface area contributed by atoms with Crippen molar-refractivity contribution in [2.75, 3.05) is 47.5 Å². The van der Waals surface area contributed by atoms with Gasteiger partial charge in [0.1, 0.15) is 0 Å². The summed E-state index contributed by atoms with van der Waals surface area (Å²) in [7, 11) is 4.79. The molecule has 1 aliphatic heterocycles. The van der Waals surface area contributed by atoms with Crippen LogP contribution >= 0.6 is 0 Å². The van der Waals surface area contributed by atoms with Gasteiger partial charge in [0.2, 0.25) is 5.75 Å². The summed E-state index contributed by atoms with van der Waals surface area (Å²) < 4.78 is 16.2. The lowest BCUT2D eigenvalue weighted by atomic mass is 10.0. The van der Waals surface area contributed by atoms with Gasteiger partial charge in [0, 0.05) is 32.2 Å². The summed E-state index contributed by atoms with van der Waals surface area (Å²) in [6.45, 7) is 3.71. The minimum atomic E-state index is 0.0285. The molecular formula is C16H23N3O3. The molecule has 0 saturated carbocycles. The zero-order chi connectivity index (χ0) is 15.9. The Bertz CT molecular complexity index is 511. The molecule has 0 spiro atoms. The maximum Gasteiger partial charge on any atom is 0.203 e. The van der Waals surface area contributed by atoms with Crippen molar-refractivity contribution in [2.45, 2.75) is 12.5 Å². The van der Waals surface area contributed by atoms with Crippen molar-refractivity contribution in [1.82, 2.24) is 10.2 Å². The molecule has 1 N–H and O–H groups in total. The van der Waals surface area contributed by atoms with Crippen LogP contribution in [0, 0.1) is 11.3 Å². The van der Waals surface area contributed by atoms with E-state index in [1.165, 1.54) is 0 Å². The number of hydrogen-bond donors (Lipinski definition) is 1. The quantitative estimate of drug-likeness (QED) is 0.860. The topological polar surface area (TPSA) is 66.8 Å². The Morgan fingerprint density at radius 2 is 1.73 bits per heavy atom. The molecule has 6 heteroatoms. The first-order valence-corrected chi connectivity index (χ1v) is 7.36. The Balaban J connectivity index is 2.40. The lowest BCUT2D eigenvalue weighted by Gasteiger charge is -2.34. The molecule has 0 aliphatic carbocycles. The Labute approximate surface area is 131 Å². The third kappa shape index (κ3) is 3.43. The molecule has 0 bridgehead atoms. The lowest BCUT2D eigenvalue weighted by molar-refractivity contribution is 0.175. The normalized spacial score (nSPS) is 16.6. The Hall–Kier alpha value is -1.97. The summed E-state index contributed by atoms with van der Waals surface area (Å²) in [5.74, 6) is 1.81. The van der Waals surface area contributed by atoms with Gasteiger partial charge in [0.25, 0.3) is 0 Å². The maximum atomic E-state index is 9.20. The van der Waals surface area contributed by atoms with Crippen LogP contribution in [0.15, 0.2) is 12.1 Å². The summed E-state index contributed by atoms with van der Waals surface area (Å²) in [6.07, 6.45) is 0.429. The van der Waals surface area contributed by atoms with Gasteiger partial charge in [-0.1, -0.05) is 0 Å². The highest BCUT2D eigenvalue weighted by molar-refractivity contribution is 5.54. The number of methoxy groups -OCH3 is 3.